The molecule has 122 valence electrons. The molecule has 0 unspecified atom stereocenters. The van der Waals surface area contributed by atoms with Crippen LogP contribution in [0.3, 0.4) is 0 Å². The molecular formula is C18H17N3O3. The van der Waals surface area contributed by atoms with Crippen molar-refractivity contribution in [3.63, 3.8) is 0 Å². The highest BCUT2D eigenvalue weighted by Crippen LogP contribution is 2.37. The van der Waals surface area contributed by atoms with Crippen LogP contribution in [0.15, 0.2) is 47.6 Å². The molecule has 0 fully saturated rings. The number of nitrogens with zero attached hydrogens (tertiary/aromatic N) is 2. The van der Waals surface area contributed by atoms with E-state index in [-0.39, 0.29) is 19.1 Å². The molecule has 2 heterocycles. The average molecular weight is 323 g/mol. The summed E-state index contributed by atoms with van der Waals surface area (Å²) in [6.45, 7) is 0.940. The highest BCUT2D eigenvalue weighted by molar-refractivity contribution is 6.15. The Morgan fingerprint density at radius 2 is 1.88 bits per heavy atom. The number of nitrogens with two attached hydrogens (primary N) is 1. The van der Waals surface area contributed by atoms with E-state index < -0.39 is 0 Å². The fraction of sp³-hybridized carbons (Fsp3) is 0.222. The number of benzene rings is 2. The first kappa shape index (κ1) is 14.7. The first-order valence-electron chi connectivity index (χ1n) is 7.83. The van der Waals surface area contributed by atoms with Gasteiger partial charge in [0.25, 0.3) is 0 Å². The maximum Gasteiger partial charge on any atom is 0.247 e. The molecule has 6 heteroatoms. The Morgan fingerprint density at radius 1 is 1.12 bits per heavy atom. The van der Waals surface area contributed by atoms with Crippen molar-refractivity contribution in [2.24, 2.45) is 10.8 Å². The molecule has 2 aromatic rings. The second-order valence-electron chi connectivity index (χ2n) is 5.66. The van der Waals surface area contributed by atoms with Crippen molar-refractivity contribution >= 4 is 11.6 Å². The number of rotatable bonds is 3. The highest BCUT2D eigenvalue weighted by Gasteiger charge is 2.27. The minimum atomic E-state index is -0.0773. The van der Waals surface area contributed by atoms with Gasteiger partial charge in [0, 0.05) is 17.7 Å². The summed E-state index contributed by atoms with van der Waals surface area (Å²) in [6, 6.07) is 13.6. The maximum absolute atomic E-state index is 12.5. The Labute approximate surface area is 139 Å². The van der Waals surface area contributed by atoms with Crippen LogP contribution in [-0.4, -0.2) is 36.5 Å². The summed E-state index contributed by atoms with van der Waals surface area (Å²) in [5.41, 5.74) is 9.08. The van der Waals surface area contributed by atoms with Crippen LogP contribution in [0.25, 0.3) is 0 Å². The third kappa shape index (κ3) is 2.51. The Kier molecular flexibility index (Phi) is 3.66. The second kappa shape index (κ2) is 5.98. The smallest absolute Gasteiger partial charge is 0.247 e. The minimum absolute atomic E-state index is 0.0773. The number of hydrogen-bond acceptors (Lipinski definition) is 5. The number of amides is 1. The summed E-state index contributed by atoms with van der Waals surface area (Å²) in [5, 5.41) is 6.06. The zero-order chi connectivity index (χ0) is 16.5. The second-order valence-corrected chi connectivity index (χ2v) is 5.66. The minimum Gasteiger partial charge on any atom is -0.454 e. The van der Waals surface area contributed by atoms with Gasteiger partial charge in [-0.15, -0.1) is 0 Å². The fourth-order valence-corrected chi connectivity index (χ4v) is 2.94. The molecule has 0 atom stereocenters. The topological polar surface area (TPSA) is 77.2 Å². The Hall–Kier alpha value is -2.86. The molecule has 0 bridgehead atoms. The van der Waals surface area contributed by atoms with Crippen LogP contribution in [0, 0.1) is 0 Å². The van der Waals surface area contributed by atoms with Gasteiger partial charge < -0.3 is 15.2 Å². The van der Waals surface area contributed by atoms with E-state index in [1.807, 2.05) is 42.5 Å². The summed E-state index contributed by atoms with van der Waals surface area (Å²) in [6.07, 6.45) is 0.256. The van der Waals surface area contributed by atoms with Gasteiger partial charge in [0.15, 0.2) is 11.5 Å². The molecule has 2 aliphatic heterocycles. The number of carbonyl (C=O) groups is 1. The van der Waals surface area contributed by atoms with Gasteiger partial charge >= 0.3 is 0 Å². The number of carbonyl (C=O) groups excluding carboxylic acids is 1. The molecule has 0 aromatic heterocycles. The quantitative estimate of drug-likeness (QED) is 0.929. The van der Waals surface area contributed by atoms with Crippen molar-refractivity contribution in [2.45, 2.75) is 6.42 Å². The molecule has 24 heavy (non-hydrogen) atoms. The van der Waals surface area contributed by atoms with Crippen molar-refractivity contribution in [3.05, 3.63) is 59.2 Å². The molecule has 0 spiro atoms. The molecule has 1 amide bonds. The lowest BCUT2D eigenvalue weighted by Crippen LogP contribution is -2.31. The van der Waals surface area contributed by atoms with Crippen molar-refractivity contribution in [2.75, 3.05) is 19.9 Å². The van der Waals surface area contributed by atoms with Crippen molar-refractivity contribution in [3.8, 4) is 11.5 Å². The zero-order valence-electron chi connectivity index (χ0n) is 13.1. The standard InChI is InChI=1S/C18H17N3O3/c19-6-7-21-17(22)9-13-8-15-16(24-11-23-15)10-14(13)18(20-21)12-4-2-1-3-5-12/h1-5,8,10H,6-7,9,11,19H2. The van der Waals surface area contributed by atoms with Crippen LogP contribution in [0.1, 0.15) is 16.7 Å². The summed E-state index contributed by atoms with van der Waals surface area (Å²) in [4.78, 5) is 12.5. The van der Waals surface area contributed by atoms with Gasteiger partial charge in [-0.05, 0) is 17.7 Å². The normalized spacial score (nSPS) is 15.8. The van der Waals surface area contributed by atoms with Gasteiger partial charge in [-0.25, -0.2) is 5.01 Å². The van der Waals surface area contributed by atoms with Gasteiger partial charge in [0.05, 0.1) is 18.7 Å². The van der Waals surface area contributed by atoms with E-state index >= 15 is 0 Å². The van der Waals surface area contributed by atoms with Gasteiger partial charge in [-0.1, -0.05) is 30.3 Å². The summed E-state index contributed by atoms with van der Waals surface area (Å²) < 4.78 is 10.9. The molecule has 2 aromatic carbocycles. The number of hydrazone groups is 1. The molecule has 4 rings (SSSR count). The predicted molar refractivity (Wildman–Crippen MR) is 89.1 cm³/mol. The molecule has 2 N–H and O–H groups in total. The first-order chi connectivity index (χ1) is 11.8. The van der Waals surface area contributed by atoms with Crippen molar-refractivity contribution in [1.29, 1.82) is 0 Å². The molecule has 0 aliphatic carbocycles. The largest absolute Gasteiger partial charge is 0.454 e. The van der Waals surface area contributed by atoms with E-state index in [1.165, 1.54) is 5.01 Å². The SMILES string of the molecule is NCCN1N=C(c2ccccc2)c2cc3c(cc2CC1=O)OCO3. The summed E-state index contributed by atoms with van der Waals surface area (Å²) in [5.74, 6) is 1.27. The summed E-state index contributed by atoms with van der Waals surface area (Å²) in [7, 11) is 0. The van der Waals surface area contributed by atoms with Crippen LogP contribution in [0.2, 0.25) is 0 Å². The van der Waals surface area contributed by atoms with E-state index in [9.17, 15) is 4.79 Å². The van der Waals surface area contributed by atoms with Crippen LogP contribution < -0.4 is 15.2 Å². The molecule has 2 aliphatic rings. The van der Waals surface area contributed by atoms with Gasteiger partial charge in [-0.2, -0.15) is 5.10 Å². The lowest BCUT2D eigenvalue weighted by molar-refractivity contribution is -0.130. The maximum atomic E-state index is 12.5. The molecule has 0 saturated heterocycles. The van der Waals surface area contributed by atoms with E-state index in [1.54, 1.807) is 0 Å². The fourth-order valence-electron chi connectivity index (χ4n) is 2.94. The molecule has 0 saturated carbocycles. The van der Waals surface area contributed by atoms with E-state index in [0.29, 0.717) is 24.6 Å². The Balaban J connectivity index is 1.90. The third-order valence-corrected chi connectivity index (χ3v) is 4.09. The third-order valence-electron chi connectivity index (χ3n) is 4.09. The van der Waals surface area contributed by atoms with Crippen LogP contribution in [0.5, 0.6) is 11.5 Å². The first-order valence-corrected chi connectivity index (χ1v) is 7.83. The average Bonchev–Trinajstić information content (AvgIpc) is 3.01. The zero-order valence-corrected chi connectivity index (χ0v) is 13.1. The molecule has 6 nitrogen and oxygen atoms in total. The summed E-state index contributed by atoms with van der Waals surface area (Å²) >= 11 is 0. The molecular weight excluding hydrogens is 306 g/mol. The lowest BCUT2D eigenvalue weighted by atomic mass is 9.95. The number of ether oxygens (including phenoxy) is 2. The van der Waals surface area contributed by atoms with Crippen molar-refractivity contribution < 1.29 is 14.3 Å². The monoisotopic (exact) mass is 323 g/mol. The Morgan fingerprint density at radius 3 is 2.62 bits per heavy atom. The van der Waals surface area contributed by atoms with Gasteiger partial charge in [0.1, 0.15) is 0 Å². The van der Waals surface area contributed by atoms with E-state index in [0.717, 1.165) is 22.4 Å². The van der Waals surface area contributed by atoms with E-state index in [4.69, 9.17) is 15.2 Å². The highest BCUT2D eigenvalue weighted by atomic mass is 16.7. The predicted octanol–water partition coefficient (Wildman–Crippen LogP) is 1.51. The van der Waals surface area contributed by atoms with Crippen LogP contribution in [0.4, 0.5) is 0 Å². The molecule has 0 radical (unpaired) electrons. The number of fused-ring (bicyclic) bond motifs is 2. The lowest BCUT2D eigenvalue weighted by Gasteiger charge is -2.15. The van der Waals surface area contributed by atoms with Crippen molar-refractivity contribution in [1.82, 2.24) is 5.01 Å². The van der Waals surface area contributed by atoms with Gasteiger partial charge in [0.2, 0.25) is 12.7 Å². The van der Waals surface area contributed by atoms with Crippen LogP contribution in [-0.2, 0) is 11.2 Å². The number of hydrogen-bond donors (Lipinski definition) is 1. The Bertz CT molecular complexity index is 818. The van der Waals surface area contributed by atoms with Gasteiger partial charge in [-0.3, -0.25) is 4.79 Å². The van der Waals surface area contributed by atoms with Crippen LogP contribution >= 0.6 is 0 Å². The van der Waals surface area contributed by atoms with E-state index in [2.05, 4.69) is 5.10 Å².